The third-order valence-corrected chi connectivity index (χ3v) is 4.56. The summed E-state index contributed by atoms with van der Waals surface area (Å²) in [6.45, 7) is -0.685. The lowest BCUT2D eigenvalue weighted by atomic mass is 10.1. The van der Waals surface area contributed by atoms with E-state index in [9.17, 15) is 19.5 Å². The third kappa shape index (κ3) is 7.06. The maximum absolute atomic E-state index is 12.5. The fraction of sp³-hybridized carbons (Fsp3) is 0.286. The second-order valence-electron chi connectivity index (χ2n) is 6.32. The molecule has 0 aliphatic rings. The summed E-state index contributed by atoms with van der Waals surface area (Å²) in [4.78, 5) is 36.6. The van der Waals surface area contributed by atoms with Crippen molar-refractivity contribution in [3.05, 3.63) is 70.7 Å². The Morgan fingerprint density at radius 2 is 1.67 bits per heavy atom. The van der Waals surface area contributed by atoms with Crippen LogP contribution in [-0.2, 0) is 32.1 Å². The molecule has 0 aromatic heterocycles. The van der Waals surface area contributed by atoms with Crippen LogP contribution in [0.4, 0.5) is 4.79 Å². The summed E-state index contributed by atoms with van der Waals surface area (Å²) < 4.78 is 9.78. The van der Waals surface area contributed by atoms with Gasteiger partial charge in [0.15, 0.2) is 0 Å². The quantitative estimate of drug-likeness (QED) is 0.519. The molecule has 0 bridgehead atoms. The van der Waals surface area contributed by atoms with Crippen molar-refractivity contribution in [3.63, 3.8) is 0 Å². The number of hydrogen-bond acceptors (Lipinski definition) is 6. The number of halogens is 1. The molecule has 8 nitrogen and oxygen atoms in total. The highest BCUT2D eigenvalue weighted by atomic mass is 35.5. The lowest BCUT2D eigenvalue weighted by Crippen LogP contribution is -2.54. The van der Waals surface area contributed by atoms with Crippen LogP contribution in [0.25, 0.3) is 0 Å². The molecule has 0 aliphatic heterocycles. The molecule has 0 radical (unpaired) electrons. The number of amides is 2. The zero-order valence-electron chi connectivity index (χ0n) is 16.3. The first-order valence-electron chi connectivity index (χ1n) is 9.14. The van der Waals surface area contributed by atoms with Crippen LogP contribution in [0.15, 0.2) is 54.6 Å². The van der Waals surface area contributed by atoms with E-state index < -0.39 is 36.7 Å². The monoisotopic (exact) mass is 434 g/mol. The van der Waals surface area contributed by atoms with Gasteiger partial charge in [-0.25, -0.2) is 9.59 Å². The first-order chi connectivity index (χ1) is 14.4. The Bertz CT molecular complexity index is 862. The van der Waals surface area contributed by atoms with Crippen LogP contribution in [0.3, 0.4) is 0 Å². The molecule has 9 heteroatoms. The van der Waals surface area contributed by atoms with Gasteiger partial charge >= 0.3 is 12.1 Å². The fourth-order valence-corrected chi connectivity index (χ4v) is 2.81. The average Bonchev–Trinajstić information content (AvgIpc) is 2.77. The zero-order chi connectivity index (χ0) is 21.9. The van der Waals surface area contributed by atoms with Crippen LogP contribution in [-0.4, -0.2) is 48.9 Å². The minimum atomic E-state index is -1.31. The van der Waals surface area contributed by atoms with Crippen molar-refractivity contribution in [2.24, 2.45) is 0 Å². The second kappa shape index (κ2) is 11.8. The molecule has 2 rings (SSSR count). The van der Waals surface area contributed by atoms with Crippen molar-refractivity contribution in [1.29, 1.82) is 0 Å². The maximum Gasteiger partial charge on any atom is 0.408 e. The molecule has 2 aromatic carbocycles. The van der Waals surface area contributed by atoms with Crippen molar-refractivity contribution in [2.45, 2.75) is 25.1 Å². The Kier molecular flexibility index (Phi) is 9.11. The Labute approximate surface area is 179 Å². The number of benzene rings is 2. The van der Waals surface area contributed by atoms with Gasteiger partial charge in [0, 0.05) is 11.4 Å². The molecule has 30 heavy (non-hydrogen) atoms. The molecule has 2 aromatic rings. The van der Waals surface area contributed by atoms with Gasteiger partial charge in [0.2, 0.25) is 5.91 Å². The number of methoxy groups -OCH3 is 1. The number of rotatable bonds is 9. The zero-order valence-corrected chi connectivity index (χ0v) is 17.1. The molecule has 2 atom stereocenters. The van der Waals surface area contributed by atoms with Crippen molar-refractivity contribution in [3.8, 4) is 0 Å². The van der Waals surface area contributed by atoms with E-state index in [0.717, 1.165) is 5.56 Å². The van der Waals surface area contributed by atoms with Crippen molar-refractivity contribution < 1.29 is 29.0 Å². The molecule has 3 N–H and O–H groups in total. The molecule has 0 heterocycles. The van der Waals surface area contributed by atoms with Crippen LogP contribution >= 0.6 is 11.6 Å². The van der Waals surface area contributed by atoms with E-state index in [4.69, 9.17) is 21.1 Å². The summed E-state index contributed by atoms with van der Waals surface area (Å²) in [7, 11) is 1.19. The van der Waals surface area contributed by atoms with Crippen LogP contribution in [0.1, 0.15) is 11.1 Å². The van der Waals surface area contributed by atoms with Gasteiger partial charge in [-0.1, -0.05) is 60.1 Å². The number of alkyl carbamates (subject to hydrolysis) is 1. The molecule has 0 aliphatic carbocycles. The standard InChI is InChI=1S/C21H23ClN2O6/c1-29-20(27)17(11-15-9-5-6-10-16(15)22)23-19(26)18(12-25)24-21(28)30-13-14-7-3-2-4-8-14/h2-10,17-18,25H,11-13H2,1H3,(H,23,26)(H,24,28)/t17-,18+/m1/s1. The Morgan fingerprint density at radius 1 is 1.00 bits per heavy atom. The van der Waals surface area contributed by atoms with E-state index >= 15 is 0 Å². The van der Waals surface area contributed by atoms with E-state index in [1.807, 2.05) is 6.07 Å². The van der Waals surface area contributed by atoms with Gasteiger partial charge in [-0.2, -0.15) is 0 Å². The lowest BCUT2D eigenvalue weighted by Gasteiger charge is -2.21. The summed E-state index contributed by atoms with van der Waals surface area (Å²) in [6, 6.07) is 13.5. The maximum atomic E-state index is 12.5. The van der Waals surface area contributed by atoms with E-state index in [-0.39, 0.29) is 13.0 Å². The van der Waals surface area contributed by atoms with E-state index in [2.05, 4.69) is 10.6 Å². The molecular weight excluding hydrogens is 412 g/mol. The number of aliphatic hydroxyl groups excluding tert-OH is 1. The fourth-order valence-electron chi connectivity index (χ4n) is 2.59. The molecule has 2 amide bonds. The number of esters is 1. The number of nitrogens with one attached hydrogen (secondary N) is 2. The topological polar surface area (TPSA) is 114 Å². The van der Waals surface area contributed by atoms with Crippen LogP contribution in [0.2, 0.25) is 5.02 Å². The summed E-state index contributed by atoms with van der Waals surface area (Å²) in [5.74, 6) is -1.46. The largest absolute Gasteiger partial charge is 0.467 e. The van der Waals surface area contributed by atoms with Gasteiger partial charge in [-0.05, 0) is 17.2 Å². The van der Waals surface area contributed by atoms with Crippen LogP contribution < -0.4 is 10.6 Å². The number of carbonyl (C=O) groups is 3. The van der Waals surface area contributed by atoms with Gasteiger partial charge in [0.25, 0.3) is 0 Å². The highest BCUT2D eigenvalue weighted by molar-refractivity contribution is 6.31. The van der Waals surface area contributed by atoms with Gasteiger partial charge < -0.3 is 25.2 Å². The number of hydrogen-bond donors (Lipinski definition) is 3. The summed E-state index contributed by atoms with van der Waals surface area (Å²) in [5.41, 5.74) is 1.40. The van der Waals surface area contributed by atoms with Crippen molar-refractivity contribution in [1.82, 2.24) is 10.6 Å². The smallest absolute Gasteiger partial charge is 0.408 e. The molecule has 0 saturated heterocycles. The predicted octanol–water partition coefficient (Wildman–Crippen LogP) is 1.83. The Balaban J connectivity index is 1.96. The van der Waals surface area contributed by atoms with Crippen LogP contribution in [0, 0.1) is 0 Å². The highest BCUT2D eigenvalue weighted by Gasteiger charge is 2.28. The number of carbonyl (C=O) groups excluding carboxylic acids is 3. The van der Waals surface area contributed by atoms with Crippen molar-refractivity contribution >= 4 is 29.6 Å². The third-order valence-electron chi connectivity index (χ3n) is 4.19. The highest BCUT2D eigenvalue weighted by Crippen LogP contribution is 2.17. The van der Waals surface area contributed by atoms with E-state index in [0.29, 0.717) is 10.6 Å². The number of aliphatic hydroxyl groups is 1. The number of ether oxygens (including phenoxy) is 2. The molecular formula is C21H23ClN2O6. The Hall–Kier alpha value is -3.10. The van der Waals surface area contributed by atoms with Gasteiger partial charge in [-0.3, -0.25) is 4.79 Å². The molecule has 0 fully saturated rings. The molecule has 0 unspecified atom stereocenters. The summed E-state index contributed by atoms with van der Waals surface area (Å²) in [6.07, 6.45) is -0.803. The summed E-state index contributed by atoms with van der Waals surface area (Å²) in [5, 5.41) is 14.7. The SMILES string of the molecule is COC(=O)[C@@H](Cc1ccccc1Cl)NC(=O)[C@H](CO)NC(=O)OCc1ccccc1. The minimum Gasteiger partial charge on any atom is -0.467 e. The van der Waals surface area contributed by atoms with Crippen molar-refractivity contribution in [2.75, 3.05) is 13.7 Å². The van der Waals surface area contributed by atoms with E-state index in [1.54, 1.807) is 48.5 Å². The molecule has 0 spiro atoms. The second-order valence-corrected chi connectivity index (χ2v) is 6.73. The summed E-state index contributed by atoms with van der Waals surface area (Å²) >= 11 is 6.12. The van der Waals surface area contributed by atoms with Gasteiger partial charge in [0.1, 0.15) is 18.7 Å². The first kappa shape index (κ1) is 23.2. The predicted molar refractivity (Wildman–Crippen MR) is 110 cm³/mol. The first-order valence-corrected chi connectivity index (χ1v) is 9.52. The van der Waals surface area contributed by atoms with Gasteiger partial charge in [0.05, 0.1) is 13.7 Å². The minimum absolute atomic E-state index is 0.00370. The van der Waals surface area contributed by atoms with Crippen LogP contribution in [0.5, 0.6) is 0 Å². The normalized spacial score (nSPS) is 12.4. The Morgan fingerprint density at radius 3 is 2.30 bits per heavy atom. The molecule has 160 valence electrons. The van der Waals surface area contributed by atoms with E-state index in [1.165, 1.54) is 7.11 Å². The lowest BCUT2D eigenvalue weighted by molar-refractivity contribution is -0.145. The average molecular weight is 435 g/mol. The molecule has 0 saturated carbocycles. The van der Waals surface area contributed by atoms with Gasteiger partial charge in [-0.15, -0.1) is 0 Å².